The van der Waals surface area contributed by atoms with E-state index in [9.17, 15) is 13.2 Å². The van der Waals surface area contributed by atoms with E-state index in [1.165, 1.54) is 24.5 Å². The zero-order valence-electron chi connectivity index (χ0n) is 8.50. The molecular weight excluding hydrogens is 251 g/mol. The normalized spacial score (nSPS) is 11.5. The Hall–Kier alpha value is -1.55. The highest BCUT2D eigenvalue weighted by Crippen LogP contribution is 2.40. The average molecular weight is 258 g/mol. The fourth-order valence-corrected chi connectivity index (χ4v) is 1.85. The largest absolute Gasteiger partial charge is 0.417 e. The summed E-state index contributed by atoms with van der Waals surface area (Å²) in [6.45, 7) is 0. The van der Waals surface area contributed by atoms with Gasteiger partial charge < -0.3 is 0 Å². The van der Waals surface area contributed by atoms with Crippen LogP contribution in [0, 0.1) is 0 Å². The molecule has 0 bridgehead atoms. The first-order valence-corrected chi connectivity index (χ1v) is 5.14. The molecule has 1 nitrogen and oxygen atoms in total. The van der Waals surface area contributed by atoms with Gasteiger partial charge in [0.1, 0.15) is 0 Å². The lowest BCUT2D eigenvalue weighted by Gasteiger charge is -2.13. The molecule has 0 N–H and O–H groups in total. The van der Waals surface area contributed by atoms with E-state index in [1.807, 2.05) is 0 Å². The number of benzene rings is 1. The first kappa shape index (κ1) is 11.9. The van der Waals surface area contributed by atoms with Crippen LogP contribution in [0.3, 0.4) is 0 Å². The van der Waals surface area contributed by atoms with E-state index in [0.717, 1.165) is 6.07 Å². The van der Waals surface area contributed by atoms with Crippen LogP contribution in [0.25, 0.3) is 11.1 Å². The third kappa shape index (κ3) is 2.42. The molecule has 0 saturated heterocycles. The SMILES string of the molecule is FC(F)(F)c1cccc(Cl)c1-c1cccnc1. The van der Waals surface area contributed by atoms with Crippen molar-refractivity contribution in [2.75, 3.05) is 0 Å². The Kier molecular flexibility index (Phi) is 3.07. The second-order valence-electron chi connectivity index (χ2n) is 3.40. The van der Waals surface area contributed by atoms with Crippen LogP contribution in [0.1, 0.15) is 5.56 Å². The maximum Gasteiger partial charge on any atom is 0.417 e. The van der Waals surface area contributed by atoms with Gasteiger partial charge in [-0.2, -0.15) is 13.2 Å². The highest BCUT2D eigenvalue weighted by Gasteiger charge is 2.34. The van der Waals surface area contributed by atoms with Crippen molar-refractivity contribution in [2.45, 2.75) is 6.18 Å². The van der Waals surface area contributed by atoms with Crippen LogP contribution in [-0.2, 0) is 6.18 Å². The Morgan fingerprint density at radius 1 is 1.06 bits per heavy atom. The summed E-state index contributed by atoms with van der Waals surface area (Å²) >= 11 is 5.84. The van der Waals surface area contributed by atoms with Crippen molar-refractivity contribution in [1.29, 1.82) is 0 Å². The van der Waals surface area contributed by atoms with Crippen molar-refractivity contribution in [3.05, 3.63) is 53.3 Å². The molecule has 5 heteroatoms. The molecule has 0 unspecified atom stereocenters. The number of halogens is 4. The van der Waals surface area contributed by atoms with Crippen molar-refractivity contribution in [3.63, 3.8) is 0 Å². The summed E-state index contributed by atoms with van der Waals surface area (Å²) in [5, 5.41) is 0.0628. The molecule has 0 saturated carbocycles. The van der Waals surface area contributed by atoms with E-state index in [4.69, 9.17) is 11.6 Å². The Morgan fingerprint density at radius 2 is 1.82 bits per heavy atom. The number of aromatic nitrogens is 1. The fraction of sp³-hybridized carbons (Fsp3) is 0.0833. The smallest absolute Gasteiger partial charge is 0.264 e. The molecule has 0 aliphatic rings. The van der Waals surface area contributed by atoms with Crippen molar-refractivity contribution in [2.24, 2.45) is 0 Å². The standard InChI is InChI=1S/C12H7ClF3N/c13-10-5-1-4-9(12(14,15)16)11(10)8-3-2-6-17-7-8/h1-7H. The Labute approximate surface area is 101 Å². The Bertz CT molecular complexity index is 523. The van der Waals surface area contributed by atoms with Crippen LogP contribution in [0.2, 0.25) is 5.02 Å². The van der Waals surface area contributed by atoms with Crippen molar-refractivity contribution in [1.82, 2.24) is 4.98 Å². The van der Waals surface area contributed by atoms with E-state index in [1.54, 1.807) is 12.1 Å². The molecule has 2 rings (SSSR count). The molecule has 0 fully saturated rings. The van der Waals surface area contributed by atoms with Gasteiger partial charge in [-0.1, -0.05) is 23.7 Å². The summed E-state index contributed by atoms with van der Waals surface area (Å²) in [6.07, 6.45) is -1.58. The number of rotatable bonds is 1. The summed E-state index contributed by atoms with van der Waals surface area (Å²) in [5.41, 5.74) is -0.432. The maximum absolute atomic E-state index is 12.8. The Morgan fingerprint density at radius 3 is 2.41 bits per heavy atom. The lowest BCUT2D eigenvalue weighted by molar-refractivity contribution is -0.137. The van der Waals surface area contributed by atoms with Crippen LogP contribution < -0.4 is 0 Å². The number of pyridine rings is 1. The quantitative estimate of drug-likeness (QED) is 0.737. The number of alkyl halides is 3. The van der Waals surface area contributed by atoms with Crippen LogP contribution in [0.15, 0.2) is 42.7 Å². The molecule has 0 atom stereocenters. The summed E-state index contributed by atoms with van der Waals surface area (Å²) in [4.78, 5) is 3.80. The molecule has 17 heavy (non-hydrogen) atoms. The van der Waals surface area contributed by atoms with Gasteiger partial charge in [-0.25, -0.2) is 0 Å². The van der Waals surface area contributed by atoms with Crippen molar-refractivity contribution in [3.8, 4) is 11.1 Å². The molecular formula is C12H7ClF3N. The van der Waals surface area contributed by atoms with Gasteiger partial charge in [-0.3, -0.25) is 4.98 Å². The molecule has 1 aromatic carbocycles. The number of hydrogen-bond acceptors (Lipinski definition) is 1. The molecule has 0 aliphatic carbocycles. The monoisotopic (exact) mass is 257 g/mol. The summed E-state index contributed by atoms with van der Waals surface area (Å²) in [6, 6.07) is 6.83. The first-order valence-electron chi connectivity index (χ1n) is 4.76. The lowest BCUT2D eigenvalue weighted by atomic mass is 10.0. The van der Waals surface area contributed by atoms with E-state index in [2.05, 4.69) is 4.98 Å². The van der Waals surface area contributed by atoms with E-state index in [-0.39, 0.29) is 10.6 Å². The van der Waals surface area contributed by atoms with Gasteiger partial charge in [0, 0.05) is 28.5 Å². The second-order valence-corrected chi connectivity index (χ2v) is 3.81. The lowest BCUT2D eigenvalue weighted by Crippen LogP contribution is -2.07. The van der Waals surface area contributed by atoms with Gasteiger partial charge in [0.15, 0.2) is 0 Å². The van der Waals surface area contributed by atoms with Gasteiger partial charge in [0.25, 0.3) is 0 Å². The molecule has 0 radical (unpaired) electrons. The molecule has 0 amide bonds. The van der Waals surface area contributed by atoms with Gasteiger partial charge in [-0.05, 0) is 18.2 Å². The molecule has 0 aliphatic heterocycles. The topological polar surface area (TPSA) is 12.9 Å². The third-order valence-corrected chi connectivity index (χ3v) is 2.58. The minimum absolute atomic E-state index is 0.0326. The van der Waals surface area contributed by atoms with Crippen molar-refractivity contribution < 1.29 is 13.2 Å². The van der Waals surface area contributed by atoms with Crippen molar-refractivity contribution >= 4 is 11.6 Å². The number of hydrogen-bond donors (Lipinski definition) is 0. The van der Waals surface area contributed by atoms with Gasteiger partial charge >= 0.3 is 6.18 Å². The predicted molar refractivity (Wildman–Crippen MR) is 59.7 cm³/mol. The predicted octanol–water partition coefficient (Wildman–Crippen LogP) is 4.42. The Balaban J connectivity index is 2.69. The van der Waals surface area contributed by atoms with E-state index in [0.29, 0.717) is 5.56 Å². The average Bonchev–Trinajstić information content (AvgIpc) is 2.28. The summed E-state index contributed by atoms with van der Waals surface area (Å²) in [5.74, 6) is 0. The minimum Gasteiger partial charge on any atom is -0.264 e. The molecule has 0 spiro atoms. The molecule has 2 aromatic rings. The minimum atomic E-state index is -4.43. The number of nitrogens with zero attached hydrogens (tertiary/aromatic N) is 1. The highest BCUT2D eigenvalue weighted by molar-refractivity contribution is 6.33. The van der Waals surface area contributed by atoms with Crippen LogP contribution in [0.5, 0.6) is 0 Å². The summed E-state index contributed by atoms with van der Waals surface area (Å²) in [7, 11) is 0. The van der Waals surface area contributed by atoms with E-state index < -0.39 is 11.7 Å². The third-order valence-electron chi connectivity index (χ3n) is 2.27. The zero-order valence-corrected chi connectivity index (χ0v) is 9.26. The van der Waals surface area contributed by atoms with Crippen LogP contribution in [0.4, 0.5) is 13.2 Å². The van der Waals surface area contributed by atoms with Crippen LogP contribution in [-0.4, -0.2) is 4.98 Å². The van der Waals surface area contributed by atoms with Gasteiger partial charge in [0.05, 0.1) is 5.56 Å². The maximum atomic E-state index is 12.8. The fourth-order valence-electron chi connectivity index (χ4n) is 1.56. The first-order chi connectivity index (χ1) is 8.00. The summed E-state index contributed by atoms with van der Waals surface area (Å²) < 4.78 is 38.5. The molecule has 1 aromatic heterocycles. The van der Waals surface area contributed by atoms with E-state index >= 15 is 0 Å². The second kappa shape index (κ2) is 4.37. The van der Waals surface area contributed by atoms with Crippen LogP contribution >= 0.6 is 11.6 Å². The van der Waals surface area contributed by atoms with Gasteiger partial charge in [-0.15, -0.1) is 0 Å². The van der Waals surface area contributed by atoms with Gasteiger partial charge in [0.2, 0.25) is 0 Å². The highest BCUT2D eigenvalue weighted by atomic mass is 35.5. The molecule has 1 heterocycles. The molecule has 88 valence electrons. The zero-order chi connectivity index (χ0) is 12.5.